The van der Waals surface area contributed by atoms with Crippen LogP contribution in [0.2, 0.25) is 0 Å². The first kappa shape index (κ1) is 18.4. The van der Waals surface area contributed by atoms with Gasteiger partial charge in [0.15, 0.2) is 0 Å². The summed E-state index contributed by atoms with van der Waals surface area (Å²) in [6, 6.07) is 5.63. The monoisotopic (exact) mass is 356 g/mol. The Kier molecular flexibility index (Phi) is 5.91. The Labute approximate surface area is 154 Å². The number of nitrogens with one attached hydrogen (secondary N) is 1. The average Bonchev–Trinajstić information content (AvgIpc) is 2.92. The van der Waals surface area contributed by atoms with Gasteiger partial charge in [-0.2, -0.15) is 0 Å². The molecule has 0 atom stereocenters. The summed E-state index contributed by atoms with van der Waals surface area (Å²) in [4.78, 5) is 36.7. The maximum Gasteiger partial charge on any atom is 0.253 e. The minimum absolute atomic E-state index is 0.0300. The molecular formula is C20H28N4O2. The molecule has 6 nitrogen and oxygen atoms in total. The van der Waals surface area contributed by atoms with E-state index in [9.17, 15) is 9.59 Å². The van der Waals surface area contributed by atoms with E-state index in [1.165, 1.54) is 0 Å². The van der Waals surface area contributed by atoms with E-state index in [4.69, 9.17) is 0 Å². The van der Waals surface area contributed by atoms with Crippen molar-refractivity contribution >= 4 is 22.8 Å². The lowest BCUT2D eigenvalue weighted by Gasteiger charge is -2.22. The number of benzene rings is 1. The van der Waals surface area contributed by atoms with Gasteiger partial charge in [0, 0.05) is 44.6 Å². The van der Waals surface area contributed by atoms with Crippen molar-refractivity contribution in [2.24, 2.45) is 0 Å². The molecule has 1 aromatic heterocycles. The van der Waals surface area contributed by atoms with E-state index in [1.54, 1.807) is 0 Å². The molecule has 6 heteroatoms. The molecule has 0 saturated carbocycles. The standard InChI is InChI=1S/C20H28N4O2/c1-3-5-7-19(25)23-10-6-11-24(13-12-23)20(26)15-8-9-16-17(14-15)22-18(4-2)21-16/h8-9,14H,3-7,10-13H2,1-2H3,(H,21,22). The summed E-state index contributed by atoms with van der Waals surface area (Å²) in [5.41, 5.74) is 2.47. The van der Waals surface area contributed by atoms with Crippen molar-refractivity contribution in [3.05, 3.63) is 29.6 Å². The topological polar surface area (TPSA) is 69.3 Å². The van der Waals surface area contributed by atoms with Gasteiger partial charge >= 0.3 is 0 Å². The summed E-state index contributed by atoms with van der Waals surface area (Å²) in [5.74, 6) is 1.18. The molecular weight excluding hydrogens is 328 g/mol. The number of hydrogen-bond acceptors (Lipinski definition) is 3. The average molecular weight is 356 g/mol. The van der Waals surface area contributed by atoms with Crippen molar-refractivity contribution in [2.75, 3.05) is 26.2 Å². The first-order valence-electron chi connectivity index (χ1n) is 9.68. The number of aromatic amines is 1. The highest BCUT2D eigenvalue weighted by Crippen LogP contribution is 2.17. The number of imidazole rings is 1. The number of aryl methyl sites for hydroxylation is 1. The van der Waals surface area contributed by atoms with Crippen LogP contribution >= 0.6 is 0 Å². The number of nitrogens with zero attached hydrogens (tertiary/aromatic N) is 3. The molecule has 2 heterocycles. The summed E-state index contributed by atoms with van der Waals surface area (Å²) in [6.45, 7) is 6.80. The zero-order valence-electron chi connectivity index (χ0n) is 15.8. The van der Waals surface area contributed by atoms with E-state index < -0.39 is 0 Å². The predicted molar refractivity (Wildman–Crippen MR) is 102 cm³/mol. The summed E-state index contributed by atoms with van der Waals surface area (Å²) in [5, 5.41) is 0. The Balaban J connectivity index is 1.67. The van der Waals surface area contributed by atoms with E-state index in [0.717, 1.165) is 49.1 Å². The van der Waals surface area contributed by atoms with Gasteiger partial charge in [-0.25, -0.2) is 4.98 Å². The molecule has 3 rings (SSSR count). The smallest absolute Gasteiger partial charge is 0.253 e. The second-order valence-corrected chi connectivity index (χ2v) is 6.90. The highest BCUT2D eigenvalue weighted by molar-refractivity contribution is 5.97. The Bertz CT molecular complexity index is 783. The molecule has 0 radical (unpaired) electrons. The van der Waals surface area contributed by atoms with Crippen molar-refractivity contribution in [1.82, 2.24) is 19.8 Å². The first-order chi connectivity index (χ1) is 12.6. The lowest BCUT2D eigenvalue weighted by Crippen LogP contribution is -2.37. The maximum absolute atomic E-state index is 12.9. The predicted octanol–water partition coefficient (Wildman–Crippen LogP) is 2.99. The van der Waals surface area contributed by atoms with Crippen molar-refractivity contribution in [1.29, 1.82) is 0 Å². The molecule has 0 aliphatic carbocycles. The van der Waals surface area contributed by atoms with Gasteiger partial charge in [0.1, 0.15) is 5.82 Å². The van der Waals surface area contributed by atoms with Gasteiger partial charge in [-0.05, 0) is 31.0 Å². The van der Waals surface area contributed by atoms with E-state index in [2.05, 4.69) is 23.8 Å². The molecule has 2 amide bonds. The lowest BCUT2D eigenvalue weighted by molar-refractivity contribution is -0.131. The zero-order valence-corrected chi connectivity index (χ0v) is 15.8. The third kappa shape index (κ3) is 4.06. The van der Waals surface area contributed by atoms with E-state index in [1.807, 2.05) is 28.0 Å². The maximum atomic E-state index is 12.9. The number of H-pyrrole nitrogens is 1. The Morgan fingerprint density at radius 2 is 1.88 bits per heavy atom. The van der Waals surface area contributed by atoms with Crippen molar-refractivity contribution in [3.8, 4) is 0 Å². The highest BCUT2D eigenvalue weighted by Gasteiger charge is 2.22. The van der Waals surface area contributed by atoms with Crippen LogP contribution in [0.4, 0.5) is 0 Å². The van der Waals surface area contributed by atoms with Crippen LogP contribution in [-0.4, -0.2) is 57.8 Å². The van der Waals surface area contributed by atoms with Gasteiger partial charge in [0.25, 0.3) is 5.91 Å². The summed E-state index contributed by atoms with van der Waals surface area (Å²) in [7, 11) is 0. The van der Waals surface area contributed by atoms with Crippen LogP contribution in [0.1, 0.15) is 55.7 Å². The quantitative estimate of drug-likeness (QED) is 0.895. The number of aromatic nitrogens is 2. The molecule has 1 saturated heterocycles. The van der Waals surface area contributed by atoms with Gasteiger partial charge in [-0.3, -0.25) is 9.59 Å². The van der Waals surface area contributed by atoms with Gasteiger partial charge < -0.3 is 14.8 Å². The van der Waals surface area contributed by atoms with Crippen molar-refractivity contribution in [3.63, 3.8) is 0 Å². The van der Waals surface area contributed by atoms with E-state index in [0.29, 0.717) is 31.6 Å². The van der Waals surface area contributed by atoms with Crippen LogP contribution in [0.15, 0.2) is 18.2 Å². The highest BCUT2D eigenvalue weighted by atomic mass is 16.2. The Morgan fingerprint density at radius 3 is 2.65 bits per heavy atom. The van der Waals surface area contributed by atoms with Crippen LogP contribution in [0, 0.1) is 0 Å². The number of fused-ring (bicyclic) bond motifs is 1. The second kappa shape index (κ2) is 8.34. The lowest BCUT2D eigenvalue weighted by atomic mass is 10.1. The zero-order chi connectivity index (χ0) is 18.5. The third-order valence-corrected chi connectivity index (χ3v) is 4.99. The minimum atomic E-state index is 0.0300. The van der Waals surface area contributed by atoms with E-state index in [-0.39, 0.29) is 11.8 Å². The van der Waals surface area contributed by atoms with Crippen molar-refractivity contribution < 1.29 is 9.59 Å². The fourth-order valence-electron chi connectivity index (χ4n) is 3.40. The van der Waals surface area contributed by atoms with Gasteiger partial charge in [-0.15, -0.1) is 0 Å². The summed E-state index contributed by atoms with van der Waals surface area (Å²) < 4.78 is 0. The number of hydrogen-bond donors (Lipinski definition) is 1. The molecule has 0 bridgehead atoms. The molecule has 1 fully saturated rings. The molecule has 1 aromatic carbocycles. The molecule has 1 aliphatic heterocycles. The van der Waals surface area contributed by atoms with Crippen LogP contribution in [0.25, 0.3) is 11.0 Å². The van der Waals surface area contributed by atoms with Gasteiger partial charge in [0.05, 0.1) is 11.0 Å². The summed E-state index contributed by atoms with van der Waals surface area (Å²) >= 11 is 0. The molecule has 2 aromatic rings. The minimum Gasteiger partial charge on any atom is -0.342 e. The van der Waals surface area contributed by atoms with Gasteiger partial charge in [-0.1, -0.05) is 20.3 Å². The van der Waals surface area contributed by atoms with Crippen LogP contribution < -0.4 is 0 Å². The molecule has 0 spiro atoms. The van der Waals surface area contributed by atoms with Gasteiger partial charge in [0.2, 0.25) is 5.91 Å². The number of rotatable bonds is 5. The molecule has 140 valence electrons. The van der Waals surface area contributed by atoms with Crippen LogP contribution in [0.3, 0.4) is 0 Å². The summed E-state index contributed by atoms with van der Waals surface area (Å²) in [6.07, 6.45) is 4.24. The fraction of sp³-hybridized carbons (Fsp3) is 0.550. The number of carbonyl (C=O) groups is 2. The number of amides is 2. The molecule has 0 unspecified atom stereocenters. The molecule has 1 N–H and O–H groups in total. The van der Waals surface area contributed by atoms with Crippen LogP contribution in [0.5, 0.6) is 0 Å². The van der Waals surface area contributed by atoms with Crippen LogP contribution in [-0.2, 0) is 11.2 Å². The third-order valence-electron chi connectivity index (χ3n) is 4.99. The normalized spacial score (nSPS) is 15.3. The second-order valence-electron chi connectivity index (χ2n) is 6.90. The Hall–Kier alpha value is -2.37. The van der Waals surface area contributed by atoms with Crippen molar-refractivity contribution in [2.45, 2.75) is 46.0 Å². The number of unbranched alkanes of at least 4 members (excludes halogenated alkanes) is 1. The largest absolute Gasteiger partial charge is 0.342 e. The SMILES string of the molecule is CCCCC(=O)N1CCCN(C(=O)c2ccc3nc(CC)[nH]c3c2)CC1. The fourth-order valence-corrected chi connectivity index (χ4v) is 3.40. The van der Waals surface area contributed by atoms with E-state index >= 15 is 0 Å². The number of carbonyl (C=O) groups excluding carboxylic acids is 2. The Morgan fingerprint density at radius 1 is 1.12 bits per heavy atom. The first-order valence-corrected chi connectivity index (χ1v) is 9.68. The molecule has 26 heavy (non-hydrogen) atoms. The molecule has 1 aliphatic rings.